The van der Waals surface area contributed by atoms with Gasteiger partial charge in [-0.25, -0.2) is 0 Å². The second-order valence-electron chi connectivity index (χ2n) is 3.44. The number of nitrogens with one attached hydrogen (secondary N) is 2. The third-order valence-corrected chi connectivity index (χ3v) is 2.23. The Morgan fingerprint density at radius 1 is 1.40 bits per heavy atom. The van der Waals surface area contributed by atoms with E-state index in [1.54, 1.807) is 0 Å². The third-order valence-electron chi connectivity index (χ3n) is 2.23. The summed E-state index contributed by atoms with van der Waals surface area (Å²) < 4.78 is 0. The minimum Gasteiger partial charge on any atom is -0.388 e. The molecular weight excluding hydrogens is 188 g/mol. The lowest BCUT2D eigenvalue weighted by atomic mass is 10.2. The van der Waals surface area contributed by atoms with Crippen molar-refractivity contribution in [1.29, 1.82) is 0 Å². The first-order valence-electron chi connectivity index (χ1n) is 5.34. The molecule has 3 heteroatoms. The molecular formula is C12H18N2O. The van der Waals surface area contributed by atoms with E-state index in [1.165, 1.54) is 0 Å². The number of amides is 1. The molecule has 1 amide bonds. The molecule has 0 spiro atoms. The summed E-state index contributed by atoms with van der Waals surface area (Å²) in [4.78, 5) is 11.6. The molecule has 0 saturated heterocycles. The summed E-state index contributed by atoms with van der Waals surface area (Å²) in [5, 5.41) is 5.89. The summed E-state index contributed by atoms with van der Waals surface area (Å²) in [7, 11) is 1.84. The van der Waals surface area contributed by atoms with Crippen LogP contribution in [0.5, 0.6) is 0 Å². The lowest BCUT2D eigenvalue weighted by Gasteiger charge is -2.06. The van der Waals surface area contributed by atoms with Crippen LogP contribution in [0.3, 0.4) is 0 Å². The molecule has 1 aromatic rings. The zero-order valence-electron chi connectivity index (χ0n) is 9.34. The first-order chi connectivity index (χ1) is 7.27. The van der Waals surface area contributed by atoms with Gasteiger partial charge in [0.15, 0.2) is 0 Å². The number of hydrogen-bond acceptors (Lipinski definition) is 2. The summed E-state index contributed by atoms with van der Waals surface area (Å²) in [5.74, 6) is 0.000509. The number of carbonyl (C=O) groups is 1. The summed E-state index contributed by atoms with van der Waals surface area (Å²) in [5.41, 5.74) is 1.66. The number of anilines is 1. The number of hydrogen-bond donors (Lipinski definition) is 2. The summed E-state index contributed by atoms with van der Waals surface area (Å²) >= 11 is 0. The van der Waals surface area contributed by atoms with Crippen molar-refractivity contribution in [1.82, 2.24) is 5.32 Å². The van der Waals surface area contributed by atoms with E-state index in [4.69, 9.17) is 0 Å². The van der Waals surface area contributed by atoms with E-state index in [0.717, 1.165) is 25.1 Å². The van der Waals surface area contributed by atoms with Crippen molar-refractivity contribution in [2.75, 3.05) is 18.9 Å². The predicted molar refractivity (Wildman–Crippen MR) is 63.2 cm³/mol. The fourth-order valence-corrected chi connectivity index (χ4v) is 1.30. The van der Waals surface area contributed by atoms with Gasteiger partial charge in [0.05, 0.1) is 0 Å². The Hall–Kier alpha value is -1.51. The van der Waals surface area contributed by atoms with Crippen LogP contribution in [-0.4, -0.2) is 19.5 Å². The van der Waals surface area contributed by atoms with Gasteiger partial charge in [-0.15, -0.1) is 0 Å². The van der Waals surface area contributed by atoms with Crippen LogP contribution in [0, 0.1) is 0 Å². The summed E-state index contributed by atoms with van der Waals surface area (Å²) in [6, 6.07) is 7.48. The maximum Gasteiger partial charge on any atom is 0.251 e. The molecule has 0 bridgehead atoms. The SMILES string of the molecule is CCCCNC(=O)c1cccc(NC)c1. The highest BCUT2D eigenvalue weighted by Crippen LogP contribution is 2.09. The monoisotopic (exact) mass is 206 g/mol. The Kier molecular flexibility index (Phi) is 4.68. The van der Waals surface area contributed by atoms with E-state index in [2.05, 4.69) is 17.6 Å². The van der Waals surface area contributed by atoms with Crippen molar-refractivity contribution in [3.63, 3.8) is 0 Å². The van der Waals surface area contributed by atoms with Crippen LogP contribution >= 0.6 is 0 Å². The molecule has 0 heterocycles. The fraction of sp³-hybridized carbons (Fsp3) is 0.417. The lowest BCUT2D eigenvalue weighted by molar-refractivity contribution is 0.0953. The Bertz CT molecular complexity index is 323. The van der Waals surface area contributed by atoms with Gasteiger partial charge in [0, 0.05) is 24.8 Å². The molecule has 82 valence electrons. The van der Waals surface area contributed by atoms with Crippen molar-refractivity contribution in [3.8, 4) is 0 Å². The molecule has 0 aromatic heterocycles. The average molecular weight is 206 g/mol. The van der Waals surface area contributed by atoms with Crippen molar-refractivity contribution >= 4 is 11.6 Å². The standard InChI is InChI=1S/C12H18N2O/c1-3-4-8-14-12(15)10-6-5-7-11(9-10)13-2/h5-7,9,13H,3-4,8H2,1-2H3,(H,14,15). The smallest absolute Gasteiger partial charge is 0.251 e. The molecule has 0 unspecified atom stereocenters. The number of rotatable bonds is 5. The minimum atomic E-state index is 0.000509. The van der Waals surface area contributed by atoms with Gasteiger partial charge >= 0.3 is 0 Å². The second-order valence-corrected chi connectivity index (χ2v) is 3.44. The zero-order valence-corrected chi connectivity index (χ0v) is 9.34. The quantitative estimate of drug-likeness (QED) is 0.725. The van der Waals surface area contributed by atoms with E-state index in [1.807, 2.05) is 31.3 Å². The molecule has 0 aliphatic carbocycles. The Morgan fingerprint density at radius 2 is 2.20 bits per heavy atom. The van der Waals surface area contributed by atoms with Gasteiger partial charge in [-0.05, 0) is 24.6 Å². The van der Waals surface area contributed by atoms with E-state index < -0.39 is 0 Å². The van der Waals surface area contributed by atoms with Crippen molar-refractivity contribution in [3.05, 3.63) is 29.8 Å². The average Bonchev–Trinajstić information content (AvgIpc) is 2.29. The summed E-state index contributed by atoms with van der Waals surface area (Å²) in [6.45, 7) is 2.85. The Balaban J connectivity index is 2.57. The molecule has 0 saturated carbocycles. The topological polar surface area (TPSA) is 41.1 Å². The Morgan fingerprint density at radius 3 is 2.87 bits per heavy atom. The second kappa shape index (κ2) is 6.06. The molecule has 0 atom stereocenters. The molecule has 1 rings (SSSR count). The van der Waals surface area contributed by atoms with Gasteiger partial charge in [0.2, 0.25) is 0 Å². The molecule has 0 aliphatic rings. The fourth-order valence-electron chi connectivity index (χ4n) is 1.30. The minimum absolute atomic E-state index is 0.000509. The largest absolute Gasteiger partial charge is 0.388 e. The zero-order chi connectivity index (χ0) is 11.1. The first-order valence-corrected chi connectivity index (χ1v) is 5.34. The highest BCUT2D eigenvalue weighted by Gasteiger charge is 2.04. The molecule has 15 heavy (non-hydrogen) atoms. The number of unbranched alkanes of at least 4 members (excludes halogenated alkanes) is 1. The van der Waals surface area contributed by atoms with Crippen LogP contribution in [0.1, 0.15) is 30.1 Å². The van der Waals surface area contributed by atoms with Crippen molar-refractivity contribution < 1.29 is 4.79 Å². The summed E-state index contributed by atoms with van der Waals surface area (Å²) in [6.07, 6.45) is 2.12. The van der Waals surface area contributed by atoms with Gasteiger partial charge in [-0.2, -0.15) is 0 Å². The van der Waals surface area contributed by atoms with Crippen molar-refractivity contribution in [2.24, 2.45) is 0 Å². The van der Waals surface area contributed by atoms with Crippen LogP contribution in [0.25, 0.3) is 0 Å². The van der Waals surface area contributed by atoms with Gasteiger partial charge in [-0.3, -0.25) is 4.79 Å². The molecule has 0 radical (unpaired) electrons. The highest BCUT2D eigenvalue weighted by molar-refractivity contribution is 5.95. The molecule has 2 N–H and O–H groups in total. The lowest BCUT2D eigenvalue weighted by Crippen LogP contribution is -2.24. The van der Waals surface area contributed by atoms with Gasteiger partial charge in [0.1, 0.15) is 0 Å². The van der Waals surface area contributed by atoms with Crippen molar-refractivity contribution in [2.45, 2.75) is 19.8 Å². The van der Waals surface area contributed by atoms with E-state index in [0.29, 0.717) is 5.56 Å². The predicted octanol–water partition coefficient (Wildman–Crippen LogP) is 2.26. The maximum atomic E-state index is 11.6. The normalized spacial score (nSPS) is 9.73. The number of benzene rings is 1. The van der Waals surface area contributed by atoms with Crippen LogP contribution in [-0.2, 0) is 0 Å². The number of carbonyl (C=O) groups excluding carboxylic acids is 1. The molecule has 1 aromatic carbocycles. The van der Waals surface area contributed by atoms with Crippen LogP contribution in [0.4, 0.5) is 5.69 Å². The van der Waals surface area contributed by atoms with E-state index >= 15 is 0 Å². The van der Waals surface area contributed by atoms with E-state index in [9.17, 15) is 4.79 Å². The van der Waals surface area contributed by atoms with Gasteiger partial charge in [0.25, 0.3) is 5.91 Å². The van der Waals surface area contributed by atoms with Crippen LogP contribution in [0.15, 0.2) is 24.3 Å². The van der Waals surface area contributed by atoms with Crippen LogP contribution < -0.4 is 10.6 Å². The molecule has 0 aliphatic heterocycles. The van der Waals surface area contributed by atoms with Gasteiger partial charge < -0.3 is 10.6 Å². The first kappa shape index (κ1) is 11.6. The van der Waals surface area contributed by atoms with E-state index in [-0.39, 0.29) is 5.91 Å². The van der Waals surface area contributed by atoms with Crippen LogP contribution in [0.2, 0.25) is 0 Å². The highest BCUT2D eigenvalue weighted by atomic mass is 16.1. The van der Waals surface area contributed by atoms with Gasteiger partial charge in [-0.1, -0.05) is 19.4 Å². The third kappa shape index (κ3) is 3.62. The Labute approximate surface area is 90.9 Å². The maximum absolute atomic E-state index is 11.6. The molecule has 3 nitrogen and oxygen atoms in total. The molecule has 0 fully saturated rings.